The molecular weight excluding hydrogens is 422 g/mol. The fourth-order valence-electron chi connectivity index (χ4n) is 5.97. The number of benzene rings is 1. The zero-order valence-corrected chi connectivity index (χ0v) is 19.8. The number of nitrogens with one attached hydrogen (secondary N) is 2. The lowest BCUT2D eigenvalue weighted by Gasteiger charge is -2.39. The van der Waals surface area contributed by atoms with Crippen molar-refractivity contribution in [3.63, 3.8) is 0 Å². The van der Waals surface area contributed by atoms with E-state index in [1.165, 1.54) is 0 Å². The van der Waals surface area contributed by atoms with Gasteiger partial charge in [0.15, 0.2) is 0 Å². The largest absolute Gasteiger partial charge is 0.394 e. The lowest BCUT2D eigenvalue weighted by molar-refractivity contribution is -0.146. The van der Waals surface area contributed by atoms with Gasteiger partial charge >= 0.3 is 0 Å². The number of likely N-dealkylation sites (tertiary alicyclic amines) is 1. The molecule has 8 heteroatoms. The van der Waals surface area contributed by atoms with Crippen LogP contribution < -0.4 is 10.6 Å². The Balaban J connectivity index is 1.72. The fraction of sp³-hybridized carbons (Fsp3) is 0.640. The molecule has 0 aliphatic carbocycles. The summed E-state index contributed by atoms with van der Waals surface area (Å²) in [6.45, 7) is 7.45. The number of amides is 3. The topological polar surface area (TPSA) is 108 Å². The first-order valence-electron chi connectivity index (χ1n) is 12.0. The van der Waals surface area contributed by atoms with Crippen LogP contribution in [0.1, 0.15) is 47.0 Å². The summed E-state index contributed by atoms with van der Waals surface area (Å²) in [6.07, 6.45) is 1.49. The van der Waals surface area contributed by atoms with Gasteiger partial charge in [0.05, 0.1) is 30.6 Å². The summed E-state index contributed by atoms with van der Waals surface area (Å²) in [5.74, 6) is -2.26. The Morgan fingerprint density at radius 1 is 1.21 bits per heavy atom. The van der Waals surface area contributed by atoms with Crippen LogP contribution in [0, 0.1) is 17.8 Å². The first-order valence-corrected chi connectivity index (χ1v) is 12.0. The summed E-state index contributed by atoms with van der Waals surface area (Å²) in [7, 11) is 0. The van der Waals surface area contributed by atoms with Gasteiger partial charge in [-0.25, -0.2) is 0 Å². The quantitative estimate of drug-likeness (QED) is 0.553. The van der Waals surface area contributed by atoms with Crippen LogP contribution in [0.2, 0.25) is 0 Å². The molecule has 2 bridgehead atoms. The molecular formula is C25H35N3O5. The van der Waals surface area contributed by atoms with E-state index in [2.05, 4.69) is 10.6 Å². The number of rotatable bonds is 8. The summed E-state index contributed by atoms with van der Waals surface area (Å²) < 4.78 is 6.41. The molecule has 0 saturated carbocycles. The lowest BCUT2D eigenvalue weighted by Crippen LogP contribution is -2.59. The van der Waals surface area contributed by atoms with Gasteiger partial charge in [-0.05, 0) is 44.7 Å². The molecule has 3 N–H and O–H groups in total. The van der Waals surface area contributed by atoms with Crippen LogP contribution in [-0.2, 0) is 19.1 Å². The van der Waals surface area contributed by atoms with E-state index >= 15 is 0 Å². The first-order chi connectivity index (χ1) is 15.7. The molecule has 7 atom stereocenters. The van der Waals surface area contributed by atoms with Crippen molar-refractivity contribution >= 4 is 23.4 Å². The number of hydrogen-bond acceptors (Lipinski definition) is 5. The average molecular weight is 458 g/mol. The van der Waals surface area contributed by atoms with Gasteiger partial charge < -0.3 is 25.4 Å². The van der Waals surface area contributed by atoms with Gasteiger partial charge in [0.1, 0.15) is 11.6 Å². The third-order valence-corrected chi connectivity index (χ3v) is 7.61. The van der Waals surface area contributed by atoms with Crippen molar-refractivity contribution in [3.8, 4) is 0 Å². The van der Waals surface area contributed by atoms with Crippen molar-refractivity contribution in [2.24, 2.45) is 17.8 Å². The number of ether oxygens (including phenoxy) is 1. The number of aliphatic hydroxyl groups is 1. The van der Waals surface area contributed by atoms with Gasteiger partial charge in [0.2, 0.25) is 17.7 Å². The Morgan fingerprint density at radius 2 is 1.91 bits per heavy atom. The second-order valence-corrected chi connectivity index (χ2v) is 9.96. The van der Waals surface area contributed by atoms with E-state index in [-0.39, 0.29) is 36.3 Å². The van der Waals surface area contributed by atoms with E-state index in [0.717, 1.165) is 6.42 Å². The minimum absolute atomic E-state index is 0.0164. The molecule has 2 unspecified atom stereocenters. The van der Waals surface area contributed by atoms with Gasteiger partial charge in [0.25, 0.3) is 0 Å². The number of fused-ring (bicyclic) bond motifs is 1. The second-order valence-electron chi connectivity index (χ2n) is 9.96. The Kier molecular flexibility index (Phi) is 6.51. The SMILES string of the molecule is CC[C@H](C)[C@H](CO)N1C(=O)[C@@H]2[C@H](C(=O)Nc3ccccc3)[C@@H]3CCC2(O3)C1C(=O)NC(C)C. The van der Waals surface area contributed by atoms with Crippen molar-refractivity contribution in [1.82, 2.24) is 10.2 Å². The van der Waals surface area contributed by atoms with Crippen molar-refractivity contribution in [3.05, 3.63) is 30.3 Å². The Hall–Kier alpha value is -2.45. The highest BCUT2D eigenvalue weighted by Gasteiger charge is 2.75. The molecule has 3 aliphatic heterocycles. The third kappa shape index (κ3) is 3.83. The standard InChI is InChI=1S/C25H35N3O5/c1-5-15(4)17(13-29)28-21(23(31)26-14(2)3)25-12-11-18(33-25)19(20(25)24(28)32)22(30)27-16-9-7-6-8-10-16/h6-10,14-15,17-21,29H,5,11-13H2,1-4H3,(H,26,31)(H,27,30)/t15-,17-,18-,19+,20-,21?,25?/m0/s1. The van der Waals surface area contributed by atoms with Gasteiger partial charge in [0, 0.05) is 11.7 Å². The predicted octanol–water partition coefficient (Wildman–Crippen LogP) is 1.93. The smallest absolute Gasteiger partial charge is 0.246 e. The third-order valence-electron chi connectivity index (χ3n) is 7.61. The van der Waals surface area contributed by atoms with Crippen LogP contribution in [0.3, 0.4) is 0 Å². The molecule has 3 fully saturated rings. The number of hydrogen-bond donors (Lipinski definition) is 3. The van der Waals surface area contributed by atoms with E-state index < -0.39 is 35.6 Å². The molecule has 8 nitrogen and oxygen atoms in total. The molecule has 3 aliphatic rings. The van der Waals surface area contributed by atoms with E-state index in [9.17, 15) is 19.5 Å². The minimum Gasteiger partial charge on any atom is -0.394 e. The maximum Gasteiger partial charge on any atom is 0.246 e. The summed E-state index contributed by atoms with van der Waals surface area (Å²) in [6, 6.07) is 7.63. The van der Waals surface area contributed by atoms with Crippen molar-refractivity contribution < 1.29 is 24.2 Å². The van der Waals surface area contributed by atoms with Crippen LogP contribution in [0.4, 0.5) is 5.69 Å². The minimum atomic E-state index is -1.06. The molecule has 3 heterocycles. The van der Waals surface area contributed by atoms with E-state index in [1.807, 2.05) is 45.9 Å². The molecule has 33 heavy (non-hydrogen) atoms. The highest BCUT2D eigenvalue weighted by Crippen LogP contribution is 2.59. The molecule has 3 saturated heterocycles. The van der Waals surface area contributed by atoms with Crippen LogP contribution in [0.25, 0.3) is 0 Å². The van der Waals surface area contributed by atoms with E-state index in [0.29, 0.717) is 18.5 Å². The second kappa shape index (κ2) is 9.06. The number of nitrogens with zero attached hydrogens (tertiary/aromatic N) is 1. The van der Waals surface area contributed by atoms with Crippen molar-refractivity contribution in [2.75, 3.05) is 11.9 Å². The predicted molar refractivity (Wildman–Crippen MR) is 123 cm³/mol. The zero-order valence-electron chi connectivity index (χ0n) is 19.8. The van der Waals surface area contributed by atoms with E-state index in [1.54, 1.807) is 17.0 Å². The molecule has 0 aromatic heterocycles. The van der Waals surface area contributed by atoms with Gasteiger partial charge in [-0.1, -0.05) is 38.5 Å². The number of anilines is 1. The lowest BCUT2D eigenvalue weighted by atomic mass is 9.70. The van der Waals surface area contributed by atoms with Crippen LogP contribution in [-0.4, -0.2) is 64.2 Å². The van der Waals surface area contributed by atoms with Crippen LogP contribution in [0.5, 0.6) is 0 Å². The normalized spacial score (nSPS) is 32.1. The number of aliphatic hydroxyl groups excluding tert-OH is 1. The summed E-state index contributed by atoms with van der Waals surface area (Å²) >= 11 is 0. The maximum atomic E-state index is 13.9. The highest BCUT2D eigenvalue weighted by molar-refractivity contribution is 6.02. The molecule has 1 spiro atoms. The molecule has 3 amide bonds. The number of carbonyl (C=O) groups is 3. The summed E-state index contributed by atoms with van der Waals surface area (Å²) in [5.41, 5.74) is -0.399. The molecule has 180 valence electrons. The van der Waals surface area contributed by atoms with Crippen molar-refractivity contribution in [1.29, 1.82) is 0 Å². The van der Waals surface area contributed by atoms with Crippen LogP contribution >= 0.6 is 0 Å². The van der Waals surface area contributed by atoms with E-state index in [4.69, 9.17) is 4.74 Å². The molecule has 1 aromatic rings. The zero-order chi connectivity index (χ0) is 23.9. The monoisotopic (exact) mass is 457 g/mol. The first kappa shape index (κ1) is 23.7. The maximum absolute atomic E-state index is 13.9. The van der Waals surface area contributed by atoms with Crippen molar-refractivity contribution in [2.45, 2.75) is 76.8 Å². The summed E-state index contributed by atoms with van der Waals surface area (Å²) in [4.78, 5) is 42.3. The fourth-order valence-corrected chi connectivity index (χ4v) is 5.97. The van der Waals surface area contributed by atoms with Gasteiger partial charge in [-0.3, -0.25) is 14.4 Å². The molecule has 4 rings (SSSR count). The Bertz CT molecular complexity index is 907. The number of carbonyl (C=O) groups excluding carboxylic acids is 3. The van der Waals surface area contributed by atoms with Crippen LogP contribution in [0.15, 0.2) is 30.3 Å². The summed E-state index contributed by atoms with van der Waals surface area (Å²) in [5, 5.41) is 16.1. The highest BCUT2D eigenvalue weighted by atomic mass is 16.5. The Labute approximate surface area is 195 Å². The molecule has 0 radical (unpaired) electrons. The molecule has 1 aromatic carbocycles. The van der Waals surface area contributed by atoms with Gasteiger partial charge in [-0.15, -0.1) is 0 Å². The average Bonchev–Trinajstić information content (AvgIpc) is 3.42. The van der Waals surface area contributed by atoms with Gasteiger partial charge in [-0.2, -0.15) is 0 Å². The number of para-hydroxylation sites is 1. The Morgan fingerprint density at radius 3 is 2.52 bits per heavy atom.